The molecule has 0 bridgehead atoms. The van der Waals surface area contributed by atoms with Crippen molar-refractivity contribution in [2.75, 3.05) is 18.9 Å². The van der Waals surface area contributed by atoms with E-state index in [1.165, 1.54) is 12.1 Å². The largest absolute Gasteiger partial charge is 0.481 e. The molecule has 8 heteroatoms. The fourth-order valence-electron chi connectivity index (χ4n) is 2.81. The molecule has 0 aromatic heterocycles. The van der Waals surface area contributed by atoms with E-state index in [4.69, 9.17) is 4.74 Å². The molecule has 2 aromatic carbocycles. The number of nitrogens with one attached hydrogen (secondary N) is 1. The molecule has 1 saturated heterocycles. The van der Waals surface area contributed by atoms with Crippen molar-refractivity contribution in [3.8, 4) is 5.75 Å². The van der Waals surface area contributed by atoms with Gasteiger partial charge in [0.25, 0.3) is 15.9 Å². The van der Waals surface area contributed by atoms with Crippen LogP contribution in [0.15, 0.2) is 63.9 Å². The Morgan fingerprint density at radius 2 is 1.82 bits per heavy atom. The molecule has 0 spiro atoms. The Morgan fingerprint density at radius 3 is 2.43 bits per heavy atom. The van der Waals surface area contributed by atoms with E-state index in [2.05, 4.69) is 9.71 Å². The number of carbonyl (C=O) groups excluding carboxylic acids is 1. The summed E-state index contributed by atoms with van der Waals surface area (Å²) in [6, 6.07) is 15.0. The van der Waals surface area contributed by atoms with Crippen molar-refractivity contribution >= 4 is 27.5 Å². The summed E-state index contributed by atoms with van der Waals surface area (Å²) in [7, 11) is -1.94. The zero-order chi connectivity index (χ0) is 20.1. The van der Waals surface area contributed by atoms with E-state index in [1.54, 1.807) is 31.2 Å². The molecule has 0 aliphatic carbocycles. The number of nitrogens with zero attached hydrogens (tertiary/aromatic N) is 2. The summed E-state index contributed by atoms with van der Waals surface area (Å²) in [5.41, 5.74) is 0.484. The molecule has 1 aliphatic heterocycles. The van der Waals surface area contributed by atoms with Gasteiger partial charge in [-0.2, -0.15) is 8.42 Å². The summed E-state index contributed by atoms with van der Waals surface area (Å²) in [4.78, 5) is 14.2. The molecule has 1 aliphatic rings. The standard InChI is InChI=1S/C20H23N3O4S/c1-15(27-17-7-4-3-5-8-17)20(24)21-16-10-12-18(13-11-16)28(25,26)22-19-9-6-14-23(19)2/h3-5,7-8,10-13,15H,6,9,14H2,1-2H3,(H,21,24)/t15-/m0/s1. The lowest BCUT2D eigenvalue weighted by atomic mass is 10.3. The Morgan fingerprint density at radius 1 is 1.14 bits per heavy atom. The molecule has 0 unspecified atom stereocenters. The molecule has 1 atom stereocenters. The Labute approximate surface area is 165 Å². The maximum Gasteiger partial charge on any atom is 0.283 e. The van der Waals surface area contributed by atoms with Gasteiger partial charge in [-0.1, -0.05) is 18.2 Å². The van der Waals surface area contributed by atoms with Crippen molar-refractivity contribution in [1.82, 2.24) is 4.90 Å². The van der Waals surface area contributed by atoms with Gasteiger partial charge in [-0.25, -0.2) is 0 Å². The highest BCUT2D eigenvalue weighted by atomic mass is 32.2. The van der Waals surface area contributed by atoms with Gasteiger partial charge < -0.3 is 15.0 Å². The number of hydrogen-bond acceptors (Lipinski definition) is 4. The highest BCUT2D eigenvalue weighted by molar-refractivity contribution is 7.90. The lowest BCUT2D eigenvalue weighted by Gasteiger charge is -2.15. The highest BCUT2D eigenvalue weighted by Crippen LogP contribution is 2.19. The van der Waals surface area contributed by atoms with Crippen LogP contribution >= 0.6 is 0 Å². The monoisotopic (exact) mass is 401 g/mol. The van der Waals surface area contributed by atoms with Crippen molar-refractivity contribution in [1.29, 1.82) is 0 Å². The second-order valence-corrected chi connectivity index (χ2v) is 8.20. The zero-order valence-corrected chi connectivity index (χ0v) is 16.6. The molecule has 1 N–H and O–H groups in total. The molecule has 28 heavy (non-hydrogen) atoms. The van der Waals surface area contributed by atoms with Crippen LogP contribution in [0.2, 0.25) is 0 Å². The van der Waals surface area contributed by atoms with Crippen LogP contribution < -0.4 is 10.1 Å². The first kappa shape index (κ1) is 19.9. The number of benzene rings is 2. The van der Waals surface area contributed by atoms with Crippen molar-refractivity contribution < 1.29 is 17.9 Å². The second-order valence-electron chi connectivity index (χ2n) is 6.59. The lowest BCUT2D eigenvalue weighted by Crippen LogP contribution is -2.30. The highest BCUT2D eigenvalue weighted by Gasteiger charge is 2.20. The van der Waals surface area contributed by atoms with E-state index in [9.17, 15) is 13.2 Å². The van der Waals surface area contributed by atoms with Crippen LogP contribution in [0.25, 0.3) is 0 Å². The smallest absolute Gasteiger partial charge is 0.283 e. The van der Waals surface area contributed by atoms with Gasteiger partial charge >= 0.3 is 0 Å². The molecule has 2 aromatic rings. The van der Waals surface area contributed by atoms with Gasteiger partial charge in [-0.15, -0.1) is 4.40 Å². The van der Waals surface area contributed by atoms with Crippen LogP contribution in [0.5, 0.6) is 5.75 Å². The van der Waals surface area contributed by atoms with Crippen LogP contribution in [-0.2, 0) is 14.8 Å². The van der Waals surface area contributed by atoms with Crippen LogP contribution in [0.1, 0.15) is 19.8 Å². The average molecular weight is 401 g/mol. The fourth-order valence-corrected chi connectivity index (χ4v) is 3.91. The second kappa shape index (κ2) is 8.43. The van der Waals surface area contributed by atoms with E-state index in [0.717, 1.165) is 13.0 Å². The maximum absolute atomic E-state index is 12.5. The summed E-state index contributed by atoms with van der Waals surface area (Å²) in [5, 5.41) is 2.72. The number of sulfonamides is 1. The molecule has 7 nitrogen and oxygen atoms in total. The minimum atomic E-state index is -3.77. The van der Waals surface area contributed by atoms with Crippen molar-refractivity contribution in [3.63, 3.8) is 0 Å². The normalized spacial score (nSPS) is 16.8. The van der Waals surface area contributed by atoms with Gasteiger partial charge in [0.15, 0.2) is 6.10 Å². The van der Waals surface area contributed by atoms with Gasteiger partial charge in [0, 0.05) is 25.7 Å². The van der Waals surface area contributed by atoms with Crippen LogP contribution in [0, 0.1) is 0 Å². The van der Waals surface area contributed by atoms with Crippen LogP contribution in [0.4, 0.5) is 5.69 Å². The van der Waals surface area contributed by atoms with Gasteiger partial charge in [-0.05, 0) is 49.7 Å². The zero-order valence-electron chi connectivity index (χ0n) is 15.8. The fraction of sp³-hybridized carbons (Fsp3) is 0.300. The summed E-state index contributed by atoms with van der Waals surface area (Å²) >= 11 is 0. The number of amides is 1. The molecule has 1 heterocycles. The minimum absolute atomic E-state index is 0.0897. The summed E-state index contributed by atoms with van der Waals surface area (Å²) in [5.74, 6) is 0.846. The molecule has 0 radical (unpaired) electrons. The van der Waals surface area contributed by atoms with E-state index >= 15 is 0 Å². The first-order chi connectivity index (χ1) is 13.3. The third kappa shape index (κ3) is 4.89. The Kier molecular flexibility index (Phi) is 5.99. The van der Waals surface area contributed by atoms with Crippen molar-refractivity contribution in [2.45, 2.75) is 30.8 Å². The van der Waals surface area contributed by atoms with Gasteiger partial charge in [-0.3, -0.25) is 4.79 Å². The number of ether oxygens (including phenoxy) is 1. The molecule has 1 fully saturated rings. The molecule has 148 valence electrons. The number of rotatable bonds is 6. The topological polar surface area (TPSA) is 88.1 Å². The number of hydrogen-bond donors (Lipinski definition) is 1. The van der Waals surface area contributed by atoms with Gasteiger partial charge in [0.2, 0.25) is 0 Å². The van der Waals surface area contributed by atoms with Gasteiger partial charge in [0.05, 0.1) is 4.90 Å². The van der Waals surface area contributed by atoms with E-state index in [-0.39, 0.29) is 10.8 Å². The SMILES string of the molecule is C[C@H](Oc1ccccc1)C(=O)Nc1ccc(S(=O)(=O)N=C2CCCN2C)cc1. The minimum Gasteiger partial charge on any atom is -0.481 e. The third-order valence-electron chi connectivity index (χ3n) is 4.41. The van der Waals surface area contributed by atoms with E-state index in [1.807, 2.05) is 30.1 Å². The van der Waals surface area contributed by atoms with E-state index < -0.39 is 16.1 Å². The quantitative estimate of drug-likeness (QED) is 0.804. The first-order valence-corrected chi connectivity index (χ1v) is 10.5. The van der Waals surface area contributed by atoms with E-state index in [0.29, 0.717) is 23.7 Å². The molecule has 3 rings (SSSR count). The maximum atomic E-state index is 12.5. The van der Waals surface area contributed by atoms with Crippen LogP contribution in [-0.4, -0.2) is 44.8 Å². The average Bonchev–Trinajstić information content (AvgIpc) is 3.07. The number of para-hydroxylation sites is 1. The number of carbonyl (C=O) groups is 1. The van der Waals surface area contributed by atoms with Gasteiger partial charge in [0.1, 0.15) is 11.6 Å². The third-order valence-corrected chi connectivity index (χ3v) is 5.72. The Bertz CT molecular complexity index is 957. The predicted octanol–water partition coefficient (Wildman–Crippen LogP) is 2.91. The van der Waals surface area contributed by atoms with Crippen molar-refractivity contribution in [3.05, 3.63) is 54.6 Å². The lowest BCUT2D eigenvalue weighted by molar-refractivity contribution is -0.122. The number of amidine groups is 1. The molecule has 1 amide bonds. The molecular formula is C20H23N3O4S. The van der Waals surface area contributed by atoms with Crippen LogP contribution in [0.3, 0.4) is 0 Å². The first-order valence-electron chi connectivity index (χ1n) is 9.03. The summed E-state index contributed by atoms with van der Waals surface area (Å²) in [6.07, 6.45) is 0.859. The molecular weight excluding hydrogens is 378 g/mol. The summed E-state index contributed by atoms with van der Waals surface area (Å²) in [6.45, 7) is 2.46. The van der Waals surface area contributed by atoms with Crippen molar-refractivity contribution in [2.24, 2.45) is 4.40 Å². The predicted molar refractivity (Wildman–Crippen MR) is 108 cm³/mol. The summed E-state index contributed by atoms with van der Waals surface area (Å²) < 4.78 is 34.4. The molecule has 0 saturated carbocycles. The Hall–Kier alpha value is -2.87. The number of anilines is 1. The number of likely N-dealkylation sites (tertiary alicyclic amines) is 1. The Balaban J connectivity index is 1.64.